The number of benzene rings is 3. The van der Waals surface area contributed by atoms with Crippen molar-refractivity contribution in [3.05, 3.63) is 107 Å². The fraction of sp³-hybridized carbons (Fsp3) is 0.226. The molecule has 0 unspecified atom stereocenters. The predicted octanol–water partition coefficient (Wildman–Crippen LogP) is 6.06. The van der Waals surface area contributed by atoms with Crippen molar-refractivity contribution in [2.75, 3.05) is 5.32 Å². The zero-order chi connectivity index (χ0) is 26.8. The molecule has 1 N–H and O–H groups in total. The lowest BCUT2D eigenvalue weighted by atomic mass is 9.88. The number of carbonyl (C=O) groups excluding carboxylic acids is 1. The van der Waals surface area contributed by atoms with Gasteiger partial charge in [-0.1, -0.05) is 61.7 Å². The van der Waals surface area contributed by atoms with E-state index >= 15 is 0 Å². The van der Waals surface area contributed by atoms with Crippen LogP contribution in [0.1, 0.15) is 49.4 Å². The smallest absolute Gasteiger partial charge is 0.282 e. The van der Waals surface area contributed by atoms with Gasteiger partial charge in [0.15, 0.2) is 0 Å². The highest BCUT2D eigenvalue weighted by atomic mass is 19.1. The summed E-state index contributed by atoms with van der Waals surface area (Å²) < 4.78 is 17.3. The van der Waals surface area contributed by atoms with Gasteiger partial charge in [0.2, 0.25) is 5.91 Å². The van der Waals surface area contributed by atoms with Crippen LogP contribution in [-0.2, 0) is 11.3 Å². The Hall–Kier alpha value is -4.59. The fourth-order valence-electron chi connectivity index (χ4n) is 5.41. The summed E-state index contributed by atoms with van der Waals surface area (Å²) in [5, 5.41) is 8.73. The van der Waals surface area contributed by atoms with Crippen LogP contribution in [0.2, 0.25) is 0 Å². The Morgan fingerprint density at radius 1 is 0.974 bits per heavy atom. The number of nitrogens with one attached hydrogen (secondary N) is 1. The second-order valence-electron chi connectivity index (χ2n) is 9.94. The first-order valence-electron chi connectivity index (χ1n) is 13.3. The van der Waals surface area contributed by atoms with Crippen LogP contribution in [0.25, 0.3) is 21.8 Å². The van der Waals surface area contributed by atoms with E-state index in [4.69, 9.17) is 4.98 Å². The van der Waals surface area contributed by atoms with E-state index in [-0.39, 0.29) is 29.6 Å². The monoisotopic (exact) mass is 521 g/mol. The van der Waals surface area contributed by atoms with E-state index in [1.165, 1.54) is 23.2 Å². The lowest BCUT2D eigenvalue weighted by Crippen LogP contribution is -2.25. The maximum absolute atomic E-state index is 14.0. The molecule has 0 radical (unpaired) electrons. The Balaban J connectivity index is 1.37. The molecule has 196 valence electrons. The Labute approximate surface area is 224 Å². The van der Waals surface area contributed by atoms with Crippen LogP contribution in [0.4, 0.5) is 10.1 Å². The molecule has 1 aliphatic rings. The third kappa shape index (κ3) is 4.97. The van der Waals surface area contributed by atoms with Crippen LogP contribution in [0.5, 0.6) is 0 Å². The Morgan fingerprint density at radius 2 is 1.69 bits per heavy atom. The number of anilines is 1. The summed E-state index contributed by atoms with van der Waals surface area (Å²) in [6, 6.07) is 21.1. The number of nitrogens with zero attached hydrogens (tertiary/aromatic N) is 4. The fourth-order valence-corrected chi connectivity index (χ4v) is 5.41. The lowest BCUT2D eigenvalue weighted by Gasteiger charge is -2.22. The van der Waals surface area contributed by atoms with Gasteiger partial charge in [-0.3, -0.25) is 9.59 Å². The van der Waals surface area contributed by atoms with E-state index < -0.39 is 5.82 Å². The van der Waals surface area contributed by atoms with Gasteiger partial charge in [0.25, 0.3) is 5.56 Å². The molecule has 0 bridgehead atoms. The molecule has 2 heterocycles. The molecular formula is C31H28FN5O2. The summed E-state index contributed by atoms with van der Waals surface area (Å²) >= 11 is 0. The molecule has 8 heteroatoms. The molecule has 0 saturated heterocycles. The number of hydrogen-bond donors (Lipinski definition) is 1. The van der Waals surface area contributed by atoms with Gasteiger partial charge >= 0.3 is 0 Å². The Bertz CT molecular complexity index is 1760. The molecule has 3 aromatic carbocycles. The van der Waals surface area contributed by atoms with E-state index in [0.717, 1.165) is 42.1 Å². The number of hydrogen-bond acceptors (Lipinski definition) is 4. The molecule has 7 nitrogen and oxygen atoms in total. The number of rotatable bonds is 6. The normalized spacial score (nSPS) is 14.4. The molecular weight excluding hydrogens is 493 g/mol. The summed E-state index contributed by atoms with van der Waals surface area (Å²) in [6.45, 7) is -0.00646. The standard InChI is InChI=1S/C31H28FN5O2/c32-25-14-6-8-16-27(25)34-29(38)20-36-19-22(23-12-5-9-17-28(23)36)18-33-37-30(21-10-2-1-3-11-21)35-26-15-7-4-13-24(26)31(37)39/h4-9,12-19,21H,1-3,10-11,20H2,(H,34,38). The largest absolute Gasteiger partial charge is 0.337 e. The predicted molar refractivity (Wildman–Crippen MR) is 152 cm³/mol. The molecule has 1 saturated carbocycles. The number of fused-ring (bicyclic) bond motifs is 2. The third-order valence-corrected chi connectivity index (χ3v) is 7.34. The molecule has 0 aliphatic heterocycles. The zero-order valence-corrected chi connectivity index (χ0v) is 21.4. The van der Waals surface area contributed by atoms with Crippen molar-refractivity contribution in [3.63, 3.8) is 0 Å². The third-order valence-electron chi connectivity index (χ3n) is 7.34. The van der Waals surface area contributed by atoms with Crippen LogP contribution in [-0.4, -0.2) is 26.3 Å². The average molecular weight is 522 g/mol. The highest BCUT2D eigenvalue weighted by Crippen LogP contribution is 2.32. The van der Waals surface area contributed by atoms with Crippen molar-refractivity contribution in [2.45, 2.75) is 44.6 Å². The maximum Gasteiger partial charge on any atom is 0.282 e. The number of halogens is 1. The molecule has 6 rings (SSSR count). The highest BCUT2D eigenvalue weighted by molar-refractivity contribution is 6.00. The van der Waals surface area contributed by atoms with Crippen molar-refractivity contribution in [3.8, 4) is 0 Å². The Kier molecular flexibility index (Phi) is 6.75. The number of carbonyl (C=O) groups is 1. The van der Waals surface area contributed by atoms with Gasteiger partial charge in [0.1, 0.15) is 18.2 Å². The number of aromatic nitrogens is 3. The van der Waals surface area contributed by atoms with Gasteiger partial charge in [-0.15, -0.1) is 0 Å². The molecule has 0 spiro atoms. The maximum atomic E-state index is 14.0. The quantitative estimate of drug-likeness (QED) is 0.276. The first-order chi connectivity index (χ1) is 19.1. The molecule has 1 aliphatic carbocycles. The second-order valence-corrected chi connectivity index (χ2v) is 9.94. The Morgan fingerprint density at radius 3 is 2.51 bits per heavy atom. The van der Waals surface area contributed by atoms with Crippen molar-refractivity contribution in [2.24, 2.45) is 5.10 Å². The van der Waals surface area contributed by atoms with Crippen molar-refractivity contribution >= 4 is 39.6 Å². The summed E-state index contributed by atoms with van der Waals surface area (Å²) in [5.74, 6) is 0.0393. The minimum absolute atomic E-state index is 0.00646. The van der Waals surface area contributed by atoms with E-state index in [9.17, 15) is 14.0 Å². The topological polar surface area (TPSA) is 81.3 Å². The van der Waals surface area contributed by atoms with Crippen LogP contribution >= 0.6 is 0 Å². The van der Waals surface area contributed by atoms with Gasteiger partial charge in [-0.25, -0.2) is 9.37 Å². The molecule has 1 amide bonds. The van der Waals surface area contributed by atoms with Crippen molar-refractivity contribution < 1.29 is 9.18 Å². The average Bonchev–Trinajstić information content (AvgIpc) is 3.31. The van der Waals surface area contributed by atoms with Crippen molar-refractivity contribution in [1.82, 2.24) is 14.2 Å². The molecule has 39 heavy (non-hydrogen) atoms. The minimum Gasteiger partial charge on any atom is -0.337 e. The molecule has 2 aromatic heterocycles. The second kappa shape index (κ2) is 10.6. The van der Waals surface area contributed by atoms with Gasteiger partial charge in [-0.2, -0.15) is 9.78 Å². The van der Waals surface area contributed by atoms with Gasteiger partial charge < -0.3 is 9.88 Å². The zero-order valence-electron chi connectivity index (χ0n) is 21.4. The van der Waals surface area contributed by atoms with E-state index in [2.05, 4.69) is 10.4 Å². The lowest BCUT2D eigenvalue weighted by molar-refractivity contribution is -0.116. The highest BCUT2D eigenvalue weighted by Gasteiger charge is 2.22. The SMILES string of the molecule is O=C(Cn1cc(C=Nn2c(C3CCCCC3)nc3ccccc3c2=O)c2ccccc21)Nc1ccccc1F. The van der Waals surface area contributed by atoms with E-state index in [1.54, 1.807) is 29.0 Å². The minimum atomic E-state index is -0.487. The molecule has 1 fully saturated rings. The van der Waals surface area contributed by atoms with Crippen LogP contribution in [0.3, 0.4) is 0 Å². The molecule has 5 aromatic rings. The summed E-state index contributed by atoms with van der Waals surface area (Å²) in [4.78, 5) is 31.2. The summed E-state index contributed by atoms with van der Waals surface area (Å²) in [7, 11) is 0. The number of para-hydroxylation sites is 3. The first-order valence-corrected chi connectivity index (χ1v) is 13.3. The summed E-state index contributed by atoms with van der Waals surface area (Å²) in [6.07, 6.45) is 8.88. The van der Waals surface area contributed by atoms with E-state index in [0.29, 0.717) is 16.7 Å². The molecule has 0 atom stereocenters. The van der Waals surface area contributed by atoms with Crippen molar-refractivity contribution in [1.29, 1.82) is 0 Å². The van der Waals surface area contributed by atoms with Crippen LogP contribution < -0.4 is 10.9 Å². The van der Waals surface area contributed by atoms with Gasteiger partial charge in [-0.05, 0) is 43.2 Å². The van der Waals surface area contributed by atoms with E-state index in [1.807, 2.05) is 48.7 Å². The first kappa shape index (κ1) is 24.7. The summed E-state index contributed by atoms with van der Waals surface area (Å²) in [5.41, 5.74) is 2.23. The van der Waals surface area contributed by atoms with Crippen LogP contribution in [0.15, 0.2) is 88.9 Å². The van der Waals surface area contributed by atoms with Gasteiger partial charge in [0, 0.05) is 28.6 Å². The number of amides is 1. The van der Waals surface area contributed by atoms with Gasteiger partial charge in [0.05, 0.1) is 22.8 Å². The van der Waals surface area contributed by atoms with Crippen LogP contribution in [0, 0.1) is 5.82 Å².